The van der Waals surface area contributed by atoms with E-state index in [0.717, 1.165) is 25.1 Å². The van der Waals surface area contributed by atoms with E-state index in [4.69, 9.17) is 4.74 Å². The van der Waals surface area contributed by atoms with Crippen LogP contribution in [0.2, 0.25) is 0 Å². The maximum Gasteiger partial charge on any atom is 0.131 e. The Hall–Kier alpha value is -1.51. The number of allylic oxidation sites excluding steroid dienone is 1. The molecular formula is C14H18FNO. The van der Waals surface area contributed by atoms with Crippen LogP contribution in [0, 0.1) is 5.82 Å². The monoisotopic (exact) mass is 235 g/mol. The van der Waals surface area contributed by atoms with Crippen molar-refractivity contribution in [1.82, 2.24) is 4.90 Å². The first kappa shape index (κ1) is 12.0. The first-order valence-electron chi connectivity index (χ1n) is 5.96. The van der Waals surface area contributed by atoms with Crippen LogP contribution >= 0.6 is 0 Å². The molecule has 1 heterocycles. The van der Waals surface area contributed by atoms with Crippen LogP contribution in [0.25, 0.3) is 0 Å². The topological polar surface area (TPSA) is 12.5 Å². The van der Waals surface area contributed by atoms with Crippen LogP contribution in [0.5, 0.6) is 5.75 Å². The summed E-state index contributed by atoms with van der Waals surface area (Å²) in [5.41, 5.74) is 1.72. The Morgan fingerprint density at radius 3 is 2.94 bits per heavy atom. The average Bonchev–Trinajstić information content (AvgIpc) is 2.34. The van der Waals surface area contributed by atoms with Gasteiger partial charge in [-0.1, -0.05) is 12.6 Å². The summed E-state index contributed by atoms with van der Waals surface area (Å²) >= 11 is 0. The zero-order valence-corrected chi connectivity index (χ0v) is 10.2. The minimum Gasteiger partial charge on any atom is -0.496 e. The molecule has 17 heavy (non-hydrogen) atoms. The fourth-order valence-electron chi connectivity index (χ4n) is 2.21. The van der Waals surface area contributed by atoms with Crippen molar-refractivity contribution in [2.75, 3.05) is 13.7 Å². The number of benzene rings is 1. The summed E-state index contributed by atoms with van der Waals surface area (Å²) in [6, 6.07) is 4.94. The molecule has 1 aromatic carbocycles. The Morgan fingerprint density at radius 2 is 2.24 bits per heavy atom. The lowest BCUT2D eigenvalue weighted by atomic mass is 10.1. The lowest BCUT2D eigenvalue weighted by Gasteiger charge is -2.31. The van der Waals surface area contributed by atoms with Gasteiger partial charge in [-0.25, -0.2) is 4.39 Å². The van der Waals surface area contributed by atoms with Gasteiger partial charge in [-0.05, 0) is 31.4 Å². The number of piperidine rings is 1. The summed E-state index contributed by atoms with van der Waals surface area (Å²) in [5, 5.41) is 0. The van der Waals surface area contributed by atoms with E-state index in [1.807, 2.05) is 0 Å². The molecule has 2 nitrogen and oxygen atoms in total. The molecule has 0 aromatic heterocycles. The molecule has 1 aromatic rings. The van der Waals surface area contributed by atoms with Crippen molar-refractivity contribution in [3.8, 4) is 5.75 Å². The van der Waals surface area contributed by atoms with Crippen LogP contribution in [0.3, 0.4) is 0 Å². The Morgan fingerprint density at radius 1 is 1.41 bits per heavy atom. The number of rotatable bonds is 3. The highest BCUT2D eigenvalue weighted by Crippen LogP contribution is 2.27. The Labute approximate surface area is 102 Å². The van der Waals surface area contributed by atoms with Crippen LogP contribution in [-0.2, 0) is 6.54 Å². The molecule has 0 N–H and O–H groups in total. The maximum atomic E-state index is 13.8. The molecule has 0 unspecified atom stereocenters. The van der Waals surface area contributed by atoms with Crippen molar-refractivity contribution in [1.29, 1.82) is 0 Å². The lowest BCUT2D eigenvalue weighted by Crippen LogP contribution is -2.27. The normalized spacial score (nSPS) is 16.1. The number of nitrogens with zero attached hydrogens (tertiary/aromatic N) is 1. The van der Waals surface area contributed by atoms with E-state index in [9.17, 15) is 4.39 Å². The van der Waals surface area contributed by atoms with Gasteiger partial charge in [0.1, 0.15) is 11.6 Å². The molecular weight excluding hydrogens is 217 g/mol. The van der Waals surface area contributed by atoms with Crippen molar-refractivity contribution < 1.29 is 9.13 Å². The van der Waals surface area contributed by atoms with E-state index in [2.05, 4.69) is 11.5 Å². The molecule has 0 bridgehead atoms. The average molecular weight is 235 g/mol. The SMILES string of the molecule is C=C1CCCCN1Cc1c(F)cccc1OC. The highest BCUT2D eigenvalue weighted by Gasteiger charge is 2.17. The van der Waals surface area contributed by atoms with Gasteiger partial charge in [-0.3, -0.25) is 0 Å². The first-order chi connectivity index (χ1) is 8.22. The Bertz CT molecular complexity index is 417. The second-order valence-corrected chi connectivity index (χ2v) is 4.37. The van der Waals surface area contributed by atoms with Crippen LogP contribution in [0.15, 0.2) is 30.5 Å². The quantitative estimate of drug-likeness (QED) is 0.796. The van der Waals surface area contributed by atoms with Gasteiger partial charge in [-0.15, -0.1) is 0 Å². The summed E-state index contributed by atoms with van der Waals surface area (Å²) < 4.78 is 19.0. The first-order valence-corrected chi connectivity index (χ1v) is 5.96. The third-order valence-corrected chi connectivity index (χ3v) is 3.24. The van der Waals surface area contributed by atoms with Gasteiger partial charge in [0.2, 0.25) is 0 Å². The van der Waals surface area contributed by atoms with Crippen molar-refractivity contribution in [3.63, 3.8) is 0 Å². The number of likely N-dealkylation sites (tertiary alicyclic amines) is 1. The van der Waals surface area contributed by atoms with Gasteiger partial charge in [-0.2, -0.15) is 0 Å². The van der Waals surface area contributed by atoms with Crippen LogP contribution in [0.1, 0.15) is 24.8 Å². The molecule has 0 amide bonds. The van der Waals surface area contributed by atoms with Gasteiger partial charge < -0.3 is 9.64 Å². The minimum absolute atomic E-state index is 0.206. The smallest absolute Gasteiger partial charge is 0.131 e. The Balaban J connectivity index is 2.19. The molecule has 0 saturated carbocycles. The summed E-state index contributed by atoms with van der Waals surface area (Å²) in [4.78, 5) is 2.14. The fraction of sp³-hybridized carbons (Fsp3) is 0.429. The Kier molecular flexibility index (Phi) is 3.67. The van der Waals surface area contributed by atoms with E-state index < -0.39 is 0 Å². The predicted octanol–water partition coefficient (Wildman–Crippen LogP) is 3.33. The van der Waals surface area contributed by atoms with Crippen LogP contribution < -0.4 is 4.74 Å². The zero-order valence-electron chi connectivity index (χ0n) is 10.2. The highest BCUT2D eigenvalue weighted by molar-refractivity contribution is 5.35. The van der Waals surface area contributed by atoms with Gasteiger partial charge in [0.15, 0.2) is 0 Å². The number of hydrogen-bond donors (Lipinski definition) is 0. The maximum absolute atomic E-state index is 13.8. The van der Waals surface area contributed by atoms with E-state index >= 15 is 0 Å². The van der Waals surface area contributed by atoms with E-state index in [-0.39, 0.29) is 5.82 Å². The van der Waals surface area contributed by atoms with E-state index in [0.29, 0.717) is 17.9 Å². The van der Waals surface area contributed by atoms with Crippen LogP contribution in [-0.4, -0.2) is 18.6 Å². The summed E-state index contributed by atoms with van der Waals surface area (Å²) in [6.45, 7) is 5.54. The van der Waals surface area contributed by atoms with Crippen molar-refractivity contribution in [2.24, 2.45) is 0 Å². The van der Waals surface area contributed by atoms with Gasteiger partial charge >= 0.3 is 0 Å². The molecule has 1 aliphatic rings. The number of ether oxygens (including phenoxy) is 1. The van der Waals surface area contributed by atoms with Gasteiger partial charge in [0, 0.05) is 24.4 Å². The second-order valence-electron chi connectivity index (χ2n) is 4.37. The largest absolute Gasteiger partial charge is 0.496 e. The minimum atomic E-state index is -0.206. The van der Waals surface area contributed by atoms with Crippen molar-refractivity contribution >= 4 is 0 Å². The van der Waals surface area contributed by atoms with Gasteiger partial charge in [0.25, 0.3) is 0 Å². The van der Waals surface area contributed by atoms with Crippen molar-refractivity contribution in [3.05, 3.63) is 41.9 Å². The number of methoxy groups -OCH3 is 1. The van der Waals surface area contributed by atoms with E-state index in [1.165, 1.54) is 12.5 Å². The molecule has 92 valence electrons. The molecule has 1 saturated heterocycles. The third kappa shape index (κ3) is 2.60. The summed E-state index contributed by atoms with van der Waals surface area (Å²) in [6.07, 6.45) is 3.34. The molecule has 1 fully saturated rings. The zero-order chi connectivity index (χ0) is 12.3. The molecule has 3 heteroatoms. The third-order valence-electron chi connectivity index (χ3n) is 3.24. The molecule has 0 spiro atoms. The molecule has 0 radical (unpaired) electrons. The second kappa shape index (κ2) is 5.21. The summed E-state index contributed by atoms with van der Waals surface area (Å²) in [5.74, 6) is 0.408. The standard InChI is InChI=1S/C14H18FNO/c1-11-6-3-4-9-16(11)10-12-13(15)7-5-8-14(12)17-2/h5,7-8H,1,3-4,6,9-10H2,2H3. The number of halogens is 1. The summed E-state index contributed by atoms with van der Waals surface area (Å²) in [7, 11) is 1.57. The predicted molar refractivity (Wildman–Crippen MR) is 66.4 cm³/mol. The lowest BCUT2D eigenvalue weighted by molar-refractivity contribution is 0.275. The molecule has 1 aliphatic heterocycles. The van der Waals surface area contributed by atoms with Gasteiger partial charge in [0.05, 0.1) is 7.11 Å². The molecule has 2 rings (SSSR count). The molecule has 0 aliphatic carbocycles. The fourth-order valence-corrected chi connectivity index (χ4v) is 2.21. The highest BCUT2D eigenvalue weighted by atomic mass is 19.1. The van der Waals surface area contributed by atoms with Crippen LogP contribution in [0.4, 0.5) is 4.39 Å². The molecule has 0 atom stereocenters. The number of hydrogen-bond acceptors (Lipinski definition) is 2. The van der Waals surface area contributed by atoms with Crippen molar-refractivity contribution in [2.45, 2.75) is 25.8 Å². The van der Waals surface area contributed by atoms with E-state index in [1.54, 1.807) is 19.2 Å².